The number of ether oxygens (including phenoxy) is 1. The molecule has 1 aromatic rings. The predicted octanol–water partition coefficient (Wildman–Crippen LogP) is 3.29. The molecule has 1 rings (SSSR count). The Kier molecular flexibility index (Phi) is 5.17. The van der Waals surface area contributed by atoms with Crippen molar-refractivity contribution in [1.82, 2.24) is 0 Å². The first-order valence-corrected chi connectivity index (χ1v) is 6.33. The summed E-state index contributed by atoms with van der Waals surface area (Å²) in [5.74, 6) is -0.786. The van der Waals surface area contributed by atoms with Crippen LogP contribution in [0.5, 0.6) is 0 Å². The van der Waals surface area contributed by atoms with E-state index in [0.717, 1.165) is 6.07 Å². The summed E-state index contributed by atoms with van der Waals surface area (Å²) in [6.07, 6.45) is -5.18. The Balaban J connectivity index is 3.35. The molecule has 0 N–H and O–H groups in total. The molecule has 0 radical (unpaired) electrons. The Morgan fingerprint density at radius 2 is 2.11 bits per heavy atom. The predicted molar refractivity (Wildman–Crippen MR) is 69.2 cm³/mol. The van der Waals surface area contributed by atoms with E-state index in [9.17, 15) is 18.0 Å². The van der Waals surface area contributed by atoms with Gasteiger partial charge in [0.2, 0.25) is 0 Å². The van der Waals surface area contributed by atoms with E-state index in [1.807, 2.05) is 0 Å². The van der Waals surface area contributed by atoms with Gasteiger partial charge in [-0.1, -0.05) is 0 Å². The number of alkyl halides is 3. The van der Waals surface area contributed by atoms with Crippen molar-refractivity contribution in [3.8, 4) is 6.07 Å². The van der Waals surface area contributed by atoms with E-state index in [-0.39, 0.29) is 17.7 Å². The van der Waals surface area contributed by atoms with Crippen molar-refractivity contribution < 1.29 is 22.7 Å². The summed E-state index contributed by atoms with van der Waals surface area (Å²) in [4.78, 5) is 11.4. The van der Waals surface area contributed by atoms with Crippen LogP contribution in [0.3, 0.4) is 0 Å². The molecule has 0 aliphatic rings. The van der Waals surface area contributed by atoms with Gasteiger partial charge in [0.05, 0.1) is 24.2 Å². The summed E-state index contributed by atoms with van der Waals surface area (Å²) in [7, 11) is 0. The summed E-state index contributed by atoms with van der Waals surface area (Å²) in [5.41, 5.74) is -1.44. The molecule has 0 atom stereocenters. The fourth-order valence-electron chi connectivity index (χ4n) is 1.55. The first kappa shape index (κ1) is 15.8. The monoisotopic (exact) mass is 383 g/mol. The summed E-state index contributed by atoms with van der Waals surface area (Å²) in [5, 5.41) is 8.96. The van der Waals surface area contributed by atoms with E-state index in [4.69, 9.17) is 5.26 Å². The number of rotatable bonds is 3. The molecule has 0 heterocycles. The van der Waals surface area contributed by atoms with Gasteiger partial charge in [-0.05, 0) is 47.2 Å². The van der Waals surface area contributed by atoms with Crippen LogP contribution in [0.2, 0.25) is 0 Å². The Bertz CT molecular complexity index is 535. The fraction of sp³-hybridized carbons (Fsp3) is 0.333. The molecule has 0 aliphatic heterocycles. The van der Waals surface area contributed by atoms with Crippen LogP contribution in [0.25, 0.3) is 0 Å². The van der Waals surface area contributed by atoms with Gasteiger partial charge >= 0.3 is 12.1 Å². The lowest BCUT2D eigenvalue weighted by Crippen LogP contribution is -2.16. The van der Waals surface area contributed by atoms with E-state index in [0.29, 0.717) is 3.57 Å². The van der Waals surface area contributed by atoms with Gasteiger partial charge in [0, 0.05) is 3.57 Å². The molecule has 0 saturated carbocycles. The molecule has 102 valence electrons. The number of benzene rings is 1. The summed E-state index contributed by atoms with van der Waals surface area (Å²) in [6.45, 7) is 1.63. The molecule has 0 amide bonds. The van der Waals surface area contributed by atoms with Crippen LogP contribution < -0.4 is 0 Å². The molecule has 0 fully saturated rings. The van der Waals surface area contributed by atoms with Gasteiger partial charge in [0.25, 0.3) is 0 Å². The molecule has 0 spiro atoms. The average Bonchev–Trinajstić information content (AvgIpc) is 2.28. The number of halogens is 4. The van der Waals surface area contributed by atoms with Crippen LogP contribution in [0.15, 0.2) is 12.1 Å². The lowest BCUT2D eigenvalue weighted by atomic mass is 9.98. The minimum Gasteiger partial charge on any atom is -0.466 e. The Morgan fingerprint density at radius 3 is 2.58 bits per heavy atom. The number of nitriles is 1. The second-order valence-corrected chi connectivity index (χ2v) is 4.70. The van der Waals surface area contributed by atoms with E-state index in [1.165, 1.54) is 6.07 Å². The van der Waals surface area contributed by atoms with E-state index in [1.54, 1.807) is 35.6 Å². The van der Waals surface area contributed by atoms with Crippen LogP contribution in [-0.2, 0) is 22.1 Å². The highest BCUT2D eigenvalue weighted by Gasteiger charge is 2.35. The first-order chi connectivity index (χ1) is 8.81. The van der Waals surface area contributed by atoms with Gasteiger partial charge in [-0.3, -0.25) is 4.79 Å². The second-order valence-electron chi connectivity index (χ2n) is 3.54. The highest BCUT2D eigenvalue weighted by molar-refractivity contribution is 14.1. The number of esters is 1. The van der Waals surface area contributed by atoms with Gasteiger partial charge in [0.1, 0.15) is 6.07 Å². The SMILES string of the molecule is CCOC(=O)Cc1c(C(F)(F)F)ccc(I)c1C#N. The fourth-order valence-corrected chi connectivity index (χ4v) is 2.17. The summed E-state index contributed by atoms with van der Waals surface area (Å²) in [6, 6.07) is 3.79. The molecular weight excluding hydrogens is 374 g/mol. The Labute approximate surface area is 121 Å². The van der Waals surface area contributed by atoms with Crippen molar-refractivity contribution >= 4 is 28.6 Å². The zero-order valence-corrected chi connectivity index (χ0v) is 12.0. The number of carbonyl (C=O) groups excluding carboxylic acids is 1. The van der Waals surface area contributed by atoms with Crippen LogP contribution in [-0.4, -0.2) is 12.6 Å². The van der Waals surface area contributed by atoms with E-state index >= 15 is 0 Å². The first-order valence-electron chi connectivity index (χ1n) is 5.25. The maximum atomic E-state index is 12.9. The lowest BCUT2D eigenvalue weighted by Gasteiger charge is -2.14. The van der Waals surface area contributed by atoms with Crippen LogP contribution in [0, 0.1) is 14.9 Å². The molecule has 0 aromatic heterocycles. The number of hydrogen-bond acceptors (Lipinski definition) is 3. The average molecular weight is 383 g/mol. The third-order valence-electron chi connectivity index (χ3n) is 2.31. The summed E-state index contributed by atoms with van der Waals surface area (Å²) < 4.78 is 43.6. The smallest absolute Gasteiger partial charge is 0.416 e. The normalized spacial score (nSPS) is 10.9. The Hall–Kier alpha value is -1.30. The zero-order valence-electron chi connectivity index (χ0n) is 9.84. The highest BCUT2D eigenvalue weighted by Crippen LogP contribution is 2.35. The maximum absolute atomic E-state index is 12.9. The molecule has 7 heteroatoms. The van der Waals surface area contributed by atoms with Gasteiger partial charge in [-0.25, -0.2) is 0 Å². The largest absolute Gasteiger partial charge is 0.466 e. The van der Waals surface area contributed by atoms with Crippen molar-refractivity contribution in [3.05, 3.63) is 32.4 Å². The van der Waals surface area contributed by atoms with Gasteiger partial charge in [-0.15, -0.1) is 0 Å². The third kappa shape index (κ3) is 3.83. The molecule has 0 unspecified atom stereocenters. The minimum absolute atomic E-state index is 0.0754. The van der Waals surface area contributed by atoms with Crippen molar-refractivity contribution in [2.45, 2.75) is 19.5 Å². The number of nitrogens with zero attached hydrogens (tertiary/aromatic N) is 1. The molecule has 0 saturated heterocycles. The van der Waals surface area contributed by atoms with Gasteiger partial charge in [-0.2, -0.15) is 18.4 Å². The highest BCUT2D eigenvalue weighted by atomic mass is 127. The molecule has 0 aliphatic carbocycles. The van der Waals surface area contributed by atoms with Crippen LogP contribution in [0.4, 0.5) is 13.2 Å². The second kappa shape index (κ2) is 6.23. The van der Waals surface area contributed by atoms with Crippen molar-refractivity contribution in [3.63, 3.8) is 0 Å². The molecule has 19 heavy (non-hydrogen) atoms. The van der Waals surface area contributed by atoms with Gasteiger partial charge in [0.15, 0.2) is 0 Å². The maximum Gasteiger partial charge on any atom is 0.416 e. The van der Waals surface area contributed by atoms with Crippen molar-refractivity contribution in [2.75, 3.05) is 6.61 Å². The van der Waals surface area contributed by atoms with E-state index < -0.39 is 24.1 Å². The quantitative estimate of drug-likeness (QED) is 0.595. The standard InChI is InChI=1S/C12H9F3INO2/c1-2-19-11(18)5-7-8(6-17)10(16)4-3-9(7)12(13,14)15/h3-4H,2,5H2,1H3. The molecule has 3 nitrogen and oxygen atoms in total. The zero-order chi connectivity index (χ0) is 14.6. The minimum atomic E-state index is -4.61. The van der Waals surface area contributed by atoms with Crippen molar-refractivity contribution in [1.29, 1.82) is 5.26 Å². The third-order valence-corrected chi connectivity index (χ3v) is 3.20. The van der Waals surface area contributed by atoms with Crippen LogP contribution >= 0.6 is 22.6 Å². The topological polar surface area (TPSA) is 50.1 Å². The summed E-state index contributed by atoms with van der Waals surface area (Å²) >= 11 is 1.76. The molecular formula is C12H9F3INO2. The molecule has 1 aromatic carbocycles. The van der Waals surface area contributed by atoms with Gasteiger partial charge < -0.3 is 4.74 Å². The van der Waals surface area contributed by atoms with Crippen molar-refractivity contribution in [2.24, 2.45) is 0 Å². The molecule has 0 bridgehead atoms. The Morgan fingerprint density at radius 1 is 1.47 bits per heavy atom. The number of hydrogen-bond donors (Lipinski definition) is 0. The lowest BCUT2D eigenvalue weighted by molar-refractivity contribution is -0.143. The number of carbonyl (C=O) groups is 1. The van der Waals surface area contributed by atoms with Crippen LogP contribution in [0.1, 0.15) is 23.6 Å². The van der Waals surface area contributed by atoms with E-state index in [2.05, 4.69) is 4.74 Å².